The lowest BCUT2D eigenvalue weighted by Crippen LogP contribution is -2.40. The quantitative estimate of drug-likeness (QED) is 0.659. The summed E-state index contributed by atoms with van der Waals surface area (Å²) < 4.78 is 28.4. The Labute approximate surface area is 172 Å². The molecular weight excluding hydrogens is 386 g/mol. The van der Waals surface area contributed by atoms with Gasteiger partial charge in [0.05, 0.1) is 16.3 Å². The number of nitrogens with one attached hydrogen (secondary N) is 3. The highest BCUT2D eigenvalue weighted by Gasteiger charge is 2.24. The number of hydrogen-bond acceptors (Lipinski definition) is 4. The molecule has 3 rings (SSSR count). The Kier molecular flexibility index (Phi) is 5.82. The van der Waals surface area contributed by atoms with E-state index in [9.17, 15) is 13.2 Å². The SMILES string of the molecule is C[C@@H]1CC(=O)Nc2cccc(C=Cc3ccccc3S(=O)(=O)NC(C)(C)C)c2N1. The lowest BCUT2D eigenvalue weighted by atomic mass is 10.1. The fourth-order valence-electron chi connectivity index (χ4n) is 3.25. The van der Waals surface area contributed by atoms with Crippen LogP contribution in [0, 0.1) is 0 Å². The predicted molar refractivity (Wildman–Crippen MR) is 118 cm³/mol. The van der Waals surface area contributed by atoms with E-state index < -0.39 is 15.6 Å². The Bertz CT molecular complexity index is 1050. The highest BCUT2D eigenvalue weighted by molar-refractivity contribution is 7.89. The van der Waals surface area contributed by atoms with Gasteiger partial charge in [0.2, 0.25) is 15.9 Å². The van der Waals surface area contributed by atoms with Crippen molar-refractivity contribution in [1.29, 1.82) is 0 Å². The van der Waals surface area contributed by atoms with Gasteiger partial charge in [-0.05, 0) is 51.0 Å². The van der Waals surface area contributed by atoms with Gasteiger partial charge in [-0.25, -0.2) is 13.1 Å². The zero-order chi connectivity index (χ0) is 21.2. The Balaban J connectivity index is 1.99. The number of carbonyl (C=O) groups is 1. The summed E-state index contributed by atoms with van der Waals surface area (Å²) in [6.45, 7) is 7.38. The second-order valence-electron chi connectivity index (χ2n) is 8.29. The number of sulfonamides is 1. The molecule has 0 saturated heterocycles. The second-order valence-corrected chi connectivity index (χ2v) is 9.94. The first-order valence-corrected chi connectivity index (χ1v) is 11.0. The summed E-state index contributed by atoms with van der Waals surface area (Å²) in [6.07, 6.45) is 4.03. The minimum atomic E-state index is -3.67. The molecular formula is C22H27N3O3S. The second kappa shape index (κ2) is 8.00. The Morgan fingerprint density at radius 3 is 2.41 bits per heavy atom. The van der Waals surface area contributed by atoms with E-state index in [0.717, 1.165) is 16.9 Å². The van der Waals surface area contributed by atoms with Gasteiger partial charge in [-0.1, -0.05) is 42.5 Å². The predicted octanol–water partition coefficient (Wildman–Crippen LogP) is 4.08. The van der Waals surface area contributed by atoms with Crippen LogP contribution in [0.1, 0.15) is 45.2 Å². The monoisotopic (exact) mass is 413 g/mol. The van der Waals surface area contributed by atoms with Gasteiger partial charge in [0, 0.05) is 18.0 Å². The molecule has 2 aromatic carbocycles. The fourth-order valence-corrected chi connectivity index (χ4v) is 4.87. The van der Waals surface area contributed by atoms with E-state index in [1.54, 1.807) is 24.3 Å². The third-order valence-electron chi connectivity index (χ3n) is 4.34. The first kappa shape index (κ1) is 21.1. The summed E-state index contributed by atoms with van der Waals surface area (Å²) in [5.41, 5.74) is 2.43. The summed E-state index contributed by atoms with van der Waals surface area (Å²) in [6, 6.07) is 12.5. The number of benzene rings is 2. The minimum Gasteiger partial charge on any atom is -0.380 e. The lowest BCUT2D eigenvalue weighted by Gasteiger charge is -2.21. The normalized spacial score (nSPS) is 17.4. The third kappa shape index (κ3) is 5.25. The minimum absolute atomic E-state index is 0.00514. The van der Waals surface area contributed by atoms with Crippen LogP contribution >= 0.6 is 0 Å². The van der Waals surface area contributed by atoms with E-state index >= 15 is 0 Å². The van der Waals surface area contributed by atoms with Crippen molar-refractivity contribution in [3.8, 4) is 0 Å². The van der Waals surface area contributed by atoms with Crippen molar-refractivity contribution < 1.29 is 13.2 Å². The molecule has 0 bridgehead atoms. The van der Waals surface area contributed by atoms with E-state index in [1.165, 1.54) is 0 Å². The van der Waals surface area contributed by atoms with Crippen LogP contribution in [0.5, 0.6) is 0 Å². The molecule has 0 aliphatic carbocycles. The van der Waals surface area contributed by atoms with Crippen LogP contribution in [0.15, 0.2) is 47.4 Å². The molecule has 1 atom stereocenters. The van der Waals surface area contributed by atoms with E-state index in [2.05, 4.69) is 15.4 Å². The summed E-state index contributed by atoms with van der Waals surface area (Å²) in [5, 5.41) is 6.28. The lowest BCUT2D eigenvalue weighted by molar-refractivity contribution is -0.116. The van der Waals surface area contributed by atoms with Crippen molar-refractivity contribution in [3.63, 3.8) is 0 Å². The van der Waals surface area contributed by atoms with Crippen LogP contribution in [-0.2, 0) is 14.8 Å². The molecule has 3 N–H and O–H groups in total. The maximum absolute atomic E-state index is 12.8. The number of amides is 1. The zero-order valence-corrected chi connectivity index (χ0v) is 17.9. The first-order chi connectivity index (χ1) is 13.5. The molecule has 1 heterocycles. The van der Waals surface area contributed by atoms with Crippen molar-refractivity contribution in [2.24, 2.45) is 0 Å². The molecule has 1 aliphatic rings. The topological polar surface area (TPSA) is 87.3 Å². The summed E-state index contributed by atoms with van der Waals surface area (Å²) in [7, 11) is -3.67. The van der Waals surface area contributed by atoms with Crippen LogP contribution in [0.4, 0.5) is 11.4 Å². The fraction of sp³-hybridized carbons (Fsp3) is 0.318. The van der Waals surface area contributed by atoms with Gasteiger partial charge in [0.1, 0.15) is 0 Å². The van der Waals surface area contributed by atoms with Gasteiger partial charge in [-0.2, -0.15) is 0 Å². The molecule has 0 fully saturated rings. The third-order valence-corrected chi connectivity index (χ3v) is 6.18. The molecule has 0 spiro atoms. The van der Waals surface area contributed by atoms with Crippen molar-refractivity contribution in [1.82, 2.24) is 4.72 Å². The van der Waals surface area contributed by atoms with E-state index in [4.69, 9.17) is 0 Å². The van der Waals surface area contributed by atoms with Crippen molar-refractivity contribution in [2.45, 2.75) is 50.6 Å². The molecule has 2 aromatic rings. The first-order valence-electron chi connectivity index (χ1n) is 9.56. The Morgan fingerprint density at radius 1 is 1.03 bits per heavy atom. The standard InChI is InChI=1S/C22H27N3O3S/c1-15-14-20(26)24-18-10-7-9-17(21(18)23-15)13-12-16-8-5-6-11-19(16)29(27,28)25-22(2,3)4/h5-13,15,23,25H,14H2,1-4H3,(H,24,26)/t15-/m1/s1. The molecule has 1 aliphatic heterocycles. The number of anilines is 2. The van der Waals surface area contributed by atoms with Crippen LogP contribution in [0.25, 0.3) is 12.2 Å². The van der Waals surface area contributed by atoms with E-state index in [1.807, 2.05) is 58.0 Å². The number of rotatable bonds is 4. The van der Waals surface area contributed by atoms with Gasteiger partial charge in [-0.3, -0.25) is 4.79 Å². The zero-order valence-electron chi connectivity index (χ0n) is 17.1. The molecule has 6 nitrogen and oxygen atoms in total. The molecule has 0 radical (unpaired) electrons. The molecule has 29 heavy (non-hydrogen) atoms. The number of fused-ring (bicyclic) bond motifs is 1. The molecule has 0 saturated carbocycles. The highest BCUT2D eigenvalue weighted by atomic mass is 32.2. The molecule has 1 amide bonds. The maximum Gasteiger partial charge on any atom is 0.241 e. The van der Waals surface area contributed by atoms with E-state index in [0.29, 0.717) is 12.0 Å². The largest absolute Gasteiger partial charge is 0.380 e. The number of para-hydroxylation sites is 1. The summed E-state index contributed by atoms with van der Waals surface area (Å²) in [5.74, 6) is -0.0328. The van der Waals surface area contributed by atoms with Crippen LogP contribution in [0.3, 0.4) is 0 Å². The van der Waals surface area contributed by atoms with Crippen LogP contribution in [-0.4, -0.2) is 25.9 Å². The molecule has 7 heteroatoms. The van der Waals surface area contributed by atoms with E-state index in [-0.39, 0.29) is 16.8 Å². The Morgan fingerprint density at radius 2 is 1.69 bits per heavy atom. The van der Waals surface area contributed by atoms with Gasteiger partial charge < -0.3 is 10.6 Å². The van der Waals surface area contributed by atoms with Gasteiger partial charge in [0.25, 0.3) is 0 Å². The average molecular weight is 414 g/mol. The molecule has 0 unspecified atom stereocenters. The summed E-state index contributed by atoms with van der Waals surface area (Å²) in [4.78, 5) is 12.2. The number of carbonyl (C=O) groups excluding carboxylic acids is 1. The van der Waals surface area contributed by atoms with Gasteiger partial charge >= 0.3 is 0 Å². The maximum atomic E-state index is 12.8. The smallest absolute Gasteiger partial charge is 0.241 e. The molecule has 154 valence electrons. The van der Waals surface area contributed by atoms with Crippen LogP contribution in [0.2, 0.25) is 0 Å². The molecule has 0 aromatic heterocycles. The average Bonchev–Trinajstić information content (AvgIpc) is 2.74. The van der Waals surface area contributed by atoms with Crippen molar-refractivity contribution >= 4 is 39.5 Å². The highest BCUT2D eigenvalue weighted by Crippen LogP contribution is 2.31. The number of hydrogen-bond donors (Lipinski definition) is 3. The van der Waals surface area contributed by atoms with Gasteiger partial charge in [-0.15, -0.1) is 0 Å². The summed E-state index contributed by atoms with van der Waals surface area (Å²) >= 11 is 0. The van der Waals surface area contributed by atoms with Crippen molar-refractivity contribution in [2.75, 3.05) is 10.6 Å². The van der Waals surface area contributed by atoms with Gasteiger partial charge in [0.15, 0.2) is 0 Å². The Hall–Kier alpha value is -2.64. The van der Waals surface area contributed by atoms with Crippen molar-refractivity contribution in [3.05, 3.63) is 53.6 Å². The van der Waals surface area contributed by atoms with Crippen LogP contribution < -0.4 is 15.4 Å².